The second kappa shape index (κ2) is 6.26. The highest BCUT2D eigenvalue weighted by Crippen LogP contribution is 2.19. The zero-order valence-corrected chi connectivity index (χ0v) is 13.1. The van der Waals surface area contributed by atoms with Gasteiger partial charge in [0.25, 0.3) is 0 Å². The summed E-state index contributed by atoms with van der Waals surface area (Å²) in [5.74, 6) is 6.15. The van der Waals surface area contributed by atoms with Crippen molar-refractivity contribution in [2.45, 2.75) is 39.0 Å². The van der Waals surface area contributed by atoms with Crippen molar-refractivity contribution < 1.29 is 0 Å². The van der Waals surface area contributed by atoms with Crippen LogP contribution in [-0.2, 0) is 0 Å². The Hall–Kier alpha value is -1.88. The third-order valence-corrected chi connectivity index (χ3v) is 4.63. The number of nitrogen functional groups attached to an aromatic ring is 1. The number of aromatic nitrogens is 1. The Balaban J connectivity index is 1.90. The van der Waals surface area contributed by atoms with Gasteiger partial charge in [0.05, 0.1) is 5.69 Å². The molecule has 0 aliphatic heterocycles. The number of nitrogens with two attached hydrogens (primary N) is 1. The summed E-state index contributed by atoms with van der Waals surface area (Å²) in [6.07, 6.45) is 5.92. The van der Waals surface area contributed by atoms with Crippen LogP contribution in [0, 0.1) is 6.92 Å². The molecule has 0 radical (unpaired) electrons. The smallest absolute Gasteiger partial charge is 0.229 e. The van der Waals surface area contributed by atoms with E-state index in [1.165, 1.54) is 41.9 Å². The van der Waals surface area contributed by atoms with Crippen molar-refractivity contribution >= 4 is 17.0 Å². The molecular formula is C16H20N4S. The van der Waals surface area contributed by atoms with E-state index in [-0.39, 0.29) is 0 Å². The maximum absolute atomic E-state index is 6.15. The fourth-order valence-electron chi connectivity index (χ4n) is 2.50. The van der Waals surface area contributed by atoms with Gasteiger partial charge in [0.1, 0.15) is 0 Å². The largest absolute Gasteiger partial charge is 0.336 e. The minimum atomic E-state index is 0.739. The fourth-order valence-corrected chi connectivity index (χ4v) is 3.27. The zero-order valence-electron chi connectivity index (χ0n) is 12.2. The van der Waals surface area contributed by atoms with E-state index in [2.05, 4.69) is 41.4 Å². The SMILES string of the molecule is Cc1ccc(-c2csc(=NN=C3CCCCC3)n2N)cc1. The Morgan fingerprint density at radius 2 is 1.76 bits per heavy atom. The highest BCUT2D eigenvalue weighted by Gasteiger charge is 2.07. The lowest BCUT2D eigenvalue weighted by atomic mass is 9.99. The first kappa shape index (κ1) is 14.1. The lowest BCUT2D eigenvalue weighted by Gasteiger charge is -2.09. The normalized spacial score (nSPS) is 16.2. The highest BCUT2D eigenvalue weighted by atomic mass is 32.1. The molecule has 0 spiro atoms. The Labute approximate surface area is 128 Å². The minimum absolute atomic E-state index is 0.739. The summed E-state index contributed by atoms with van der Waals surface area (Å²) >= 11 is 1.53. The van der Waals surface area contributed by atoms with Crippen molar-refractivity contribution in [2.75, 3.05) is 5.84 Å². The van der Waals surface area contributed by atoms with Crippen LogP contribution in [0.4, 0.5) is 0 Å². The van der Waals surface area contributed by atoms with Gasteiger partial charge in [-0.1, -0.05) is 36.2 Å². The Kier molecular flexibility index (Phi) is 4.20. The van der Waals surface area contributed by atoms with Gasteiger partial charge in [-0.3, -0.25) is 0 Å². The Bertz CT molecular complexity index is 699. The van der Waals surface area contributed by atoms with Crippen molar-refractivity contribution in [3.8, 4) is 11.3 Å². The third kappa shape index (κ3) is 3.24. The average Bonchev–Trinajstić information content (AvgIpc) is 2.88. The number of hydrogen-bond donors (Lipinski definition) is 1. The molecule has 1 aliphatic rings. The van der Waals surface area contributed by atoms with Gasteiger partial charge in [-0.15, -0.1) is 16.4 Å². The summed E-state index contributed by atoms with van der Waals surface area (Å²) in [6, 6.07) is 8.34. The maximum atomic E-state index is 6.15. The molecule has 0 atom stereocenters. The van der Waals surface area contributed by atoms with E-state index in [9.17, 15) is 0 Å². The molecular weight excluding hydrogens is 280 g/mol. The topological polar surface area (TPSA) is 55.7 Å². The molecule has 0 bridgehead atoms. The molecule has 110 valence electrons. The van der Waals surface area contributed by atoms with Crippen LogP contribution >= 0.6 is 11.3 Å². The monoisotopic (exact) mass is 300 g/mol. The van der Waals surface area contributed by atoms with Crippen LogP contribution in [0.25, 0.3) is 11.3 Å². The van der Waals surface area contributed by atoms with Crippen LogP contribution in [0.1, 0.15) is 37.7 Å². The van der Waals surface area contributed by atoms with Crippen LogP contribution in [0.2, 0.25) is 0 Å². The number of rotatable bonds is 2. The van der Waals surface area contributed by atoms with E-state index in [0.717, 1.165) is 28.9 Å². The van der Waals surface area contributed by atoms with Gasteiger partial charge in [-0.25, -0.2) is 4.68 Å². The van der Waals surface area contributed by atoms with Gasteiger partial charge in [-0.2, -0.15) is 5.10 Å². The summed E-state index contributed by atoms with van der Waals surface area (Å²) in [5, 5.41) is 10.8. The van der Waals surface area contributed by atoms with Crippen LogP contribution in [0.3, 0.4) is 0 Å². The number of benzene rings is 1. The van der Waals surface area contributed by atoms with E-state index in [4.69, 9.17) is 5.84 Å². The van der Waals surface area contributed by atoms with Gasteiger partial charge in [0.2, 0.25) is 4.80 Å². The molecule has 1 aromatic carbocycles. The van der Waals surface area contributed by atoms with Crippen molar-refractivity contribution in [1.29, 1.82) is 0 Å². The van der Waals surface area contributed by atoms with E-state index in [1.807, 2.05) is 5.38 Å². The van der Waals surface area contributed by atoms with Crippen molar-refractivity contribution in [1.82, 2.24) is 4.68 Å². The fraction of sp³-hybridized carbons (Fsp3) is 0.375. The average molecular weight is 300 g/mol. The molecule has 4 nitrogen and oxygen atoms in total. The lowest BCUT2D eigenvalue weighted by molar-refractivity contribution is 0.663. The van der Waals surface area contributed by atoms with Crippen LogP contribution < -0.4 is 10.6 Å². The number of hydrogen-bond acceptors (Lipinski definition) is 4. The molecule has 21 heavy (non-hydrogen) atoms. The van der Waals surface area contributed by atoms with Crippen molar-refractivity contribution in [3.63, 3.8) is 0 Å². The van der Waals surface area contributed by atoms with E-state index in [0.29, 0.717) is 0 Å². The molecule has 1 saturated carbocycles. The minimum Gasteiger partial charge on any atom is -0.336 e. The van der Waals surface area contributed by atoms with E-state index < -0.39 is 0 Å². The number of nitrogens with zero attached hydrogens (tertiary/aromatic N) is 3. The summed E-state index contributed by atoms with van der Waals surface area (Å²) in [4.78, 5) is 0.739. The highest BCUT2D eigenvalue weighted by molar-refractivity contribution is 7.07. The molecule has 5 heteroatoms. The van der Waals surface area contributed by atoms with Crippen LogP contribution in [0.15, 0.2) is 39.8 Å². The van der Waals surface area contributed by atoms with Gasteiger partial charge in [-0.05, 0) is 32.6 Å². The predicted octanol–water partition coefficient (Wildman–Crippen LogP) is 3.46. The Morgan fingerprint density at radius 3 is 2.48 bits per heavy atom. The third-order valence-electron chi connectivity index (χ3n) is 3.80. The van der Waals surface area contributed by atoms with Gasteiger partial charge < -0.3 is 5.84 Å². The lowest BCUT2D eigenvalue weighted by Crippen LogP contribution is -2.23. The zero-order chi connectivity index (χ0) is 14.7. The molecule has 0 saturated heterocycles. The molecule has 3 rings (SSSR count). The number of thiazole rings is 1. The first-order valence-electron chi connectivity index (χ1n) is 7.36. The second-order valence-electron chi connectivity index (χ2n) is 5.47. The van der Waals surface area contributed by atoms with Crippen LogP contribution in [-0.4, -0.2) is 10.4 Å². The molecule has 0 unspecified atom stereocenters. The molecule has 2 aromatic rings. The molecule has 2 N–H and O–H groups in total. The first-order chi connectivity index (χ1) is 10.2. The van der Waals surface area contributed by atoms with E-state index in [1.54, 1.807) is 4.68 Å². The van der Waals surface area contributed by atoms with Gasteiger partial charge in [0, 0.05) is 16.7 Å². The molecule has 1 aromatic heterocycles. The first-order valence-corrected chi connectivity index (χ1v) is 8.24. The van der Waals surface area contributed by atoms with Crippen molar-refractivity contribution in [2.24, 2.45) is 10.2 Å². The van der Waals surface area contributed by atoms with Gasteiger partial charge >= 0.3 is 0 Å². The number of aryl methyl sites for hydroxylation is 1. The quantitative estimate of drug-likeness (QED) is 0.670. The molecule has 1 fully saturated rings. The summed E-state index contributed by atoms with van der Waals surface area (Å²) in [6.45, 7) is 2.08. The van der Waals surface area contributed by atoms with Crippen LogP contribution in [0.5, 0.6) is 0 Å². The predicted molar refractivity (Wildman–Crippen MR) is 88.7 cm³/mol. The maximum Gasteiger partial charge on any atom is 0.229 e. The Morgan fingerprint density at radius 1 is 1.05 bits per heavy atom. The summed E-state index contributed by atoms with van der Waals surface area (Å²) in [5.41, 5.74) is 4.52. The molecule has 1 heterocycles. The standard InChI is InChI=1S/C16H20N4S/c1-12-7-9-13(10-8-12)15-11-21-16(20(15)17)19-18-14-5-3-2-4-6-14/h7-11H,2-6,17H2,1H3. The van der Waals surface area contributed by atoms with E-state index >= 15 is 0 Å². The molecule has 1 aliphatic carbocycles. The molecule has 0 amide bonds. The second-order valence-corrected chi connectivity index (χ2v) is 6.30. The summed E-state index contributed by atoms with van der Waals surface area (Å²) < 4.78 is 1.63. The van der Waals surface area contributed by atoms with Crippen molar-refractivity contribution in [3.05, 3.63) is 40.0 Å². The summed E-state index contributed by atoms with van der Waals surface area (Å²) in [7, 11) is 0. The van der Waals surface area contributed by atoms with Gasteiger partial charge in [0.15, 0.2) is 0 Å².